The summed E-state index contributed by atoms with van der Waals surface area (Å²) in [7, 11) is 0. The standard InChI is InChI=1S/C19H28ClN3O4/c1-13(26-16-7-5-14(20)6-8-16)21-17(24)22-15-9-11-23(12-10-15)18(25)27-19(2,3)4/h5-8,13,15H,9-12H2,1-4H3,(H2,21,22,24). The number of likely N-dealkylation sites (tertiary alicyclic amines) is 1. The van der Waals surface area contributed by atoms with Gasteiger partial charge in [-0.2, -0.15) is 0 Å². The Morgan fingerprint density at radius 2 is 1.78 bits per heavy atom. The number of carbonyl (C=O) groups excluding carboxylic acids is 2. The van der Waals surface area contributed by atoms with Gasteiger partial charge in [0.05, 0.1) is 0 Å². The lowest BCUT2D eigenvalue weighted by molar-refractivity contribution is 0.0201. The van der Waals surface area contributed by atoms with Crippen LogP contribution in [0.2, 0.25) is 5.02 Å². The van der Waals surface area contributed by atoms with Gasteiger partial charge in [-0.1, -0.05) is 11.6 Å². The van der Waals surface area contributed by atoms with Gasteiger partial charge in [0.1, 0.15) is 11.4 Å². The van der Waals surface area contributed by atoms with Crippen molar-refractivity contribution in [1.82, 2.24) is 15.5 Å². The topological polar surface area (TPSA) is 79.9 Å². The van der Waals surface area contributed by atoms with Crippen LogP contribution in [0.5, 0.6) is 5.75 Å². The highest BCUT2D eigenvalue weighted by Gasteiger charge is 2.27. The van der Waals surface area contributed by atoms with E-state index in [-0.39, 0.29) is 18.2 Å². The number of ether oxygens (including phenoxy) is 2. The van der Waals surface area contributed by atoms with Crippen LogP contribution in [0.4, 0.5) is 9.59 Å². The highest BCUT2D eigenvalue weighted by atomic mass is 35.5. The fraction of sp³-hybridized carbons (Fsp3) is 0.579. The Hall–Kier alpha value is -2.15. The van der Waals surface area contributed by atoms with Gasteiger partial charge in [-0.05, 0) is 64.8 Å². The number of carbonyl (C=O) groups is 2. The summed E-state index contributed by atoms with van der Waals surface area (Å²) in [6.07, 6.45) is 0.557. The molecule has 2 rings (SSSR count). The minimum atomic E-state index is -0.508. The van der Waals surface area contributed by atoms with Gasteiger partial charge in [0.15, 0.2) is 6.23 Å². The van der Waals surface area contributed by atoms with Crippen LogP contribution in [0.25, 0.3) is 0 Å². The van der Waals surface area contributed by atoms with E-state index in [0.29, 0.717) is 36.7 Å². The zero-order valence-electron chi connectivity index (χ0n) is 16.3. The van der Waals surface area contributed by atoms with E-state index >= 15 is 0 Å². The molecule has 1 aromatic rings. The van der Waals surface area contributed by atoms with Gasteiger partial charge >= 0.3 is 12.1 Å². The molecular formula is C19H28ClN3O4. The van der Waals surface area contributed by atoms with E-state index in [1.807, 2.05) is 20.8 Å². The van der Waals surface area contributed by atoms with Crippen LogP contribution in [0.15, 0.2) is 24.3 Å². The molecule has 150 valence electrons. The molecule has 27 heavy (non-hydrogen) atoms. The van der Waals surface area contributed by atoms with Crippen molar-refractivity contribution in [3.05, 3.63) is 29.3 Å². The molecule has 0 saturated carbocycles. The Kier molecular flexibility index (Phi) is 7.18. The third-order valence-corrected chi connectivity index (χ3v) is 4.19. The fourth-order valence-electron chi connectivity index (χ4n) is 2.69. The van der Waals surface area contributed by atoms with E-state index in [1.54, 1.807) is 36.1 Å². The second kappa shape index (κ2) is 9.17. The zero-order valence-corrected chi connectivity index (χ0v) is 17.0. The number of urea groups is 1. The Bertz CT molecular complexity index is 637. The van der Waals surface area contributed by atoms with Crippen LogP contribution in [0.1, 0.15) is 40.5 Å². The first-order valence-electron chi connectivity index (χ1n) is 9.09. The van der Waals surface area contributed by atoms with Crippen molar-refractivity contribution in [2.75, 3.05) is 13.1 Å². The maximum atomic E-state index is 12.1. The van der Waals surface area contributed by atoms with Gasteiger partial charge in [-0.25, -0.2) is 9.59 Å². The first kappa shape index (κ1) is 21.2. The molecule has 0 radical (unpaired) electrons. The molecule has 0 spiro atoms. The van der Waals surface area contributed by atoms with Crippen molar-refractivity contribution in [1.29, 1.82) is 0 Å². The third kappa shape index (κ3) is 7.54. The van der Waals surface area contributed by atoms with Gasteiger partial charge in [-0.3, -0.25) is 0 Å². The molecule has 1 unspecified atom stereocenters. The smallest absolute Gasteiger partial charge is 0.410 e. The van der Waals surface area contributed by atoms with Gasteiger partial charge in [-0.15, -0.1) is 0 Å². The predicted octanol–water partition coefficient (Wildman–Crippen LogP) is 3.76. The predicted molar refractivity (Wildman–Crippen MR) is 104 cm³/mol. The highest BCUT2D eigenvalue weighted by Crippen LogP contribution is 2.17. The first-order valence-corrected chi connectivity index (χ1v) is 9.47. The number of piperidine rings is 1. The molecule has 0 aliphatic carbocycles. The molecule has 1 aliphatic heterocycles. The number of benzene rings is 1. The maximum Gasteiger partial charge on any atom is 0.410 e. The average molecular weight is 398 g/mol. The number of hydrogen-bond donors (Lipinski definition) is 2. The Balaban J connectivity index is 1.71. The van der Waals surface area contributed by atoms with Crippen LogP contribution in [-0.4, -0.2) is 48.0 Å². The van der Waals surface area contributed by atoms with Crippen molar-refractivity contribution in [2.45, 2.75) is 58.4 Å². The summed E-state index contributed by atoms with van der Waals surface area (Å²) >= 11 is 5.83. The zero-order chi connectivity index (χ0) is 20.0. The number of halogens is 1. The van der Waals surface area contributed by atoms with E-state index in [2.05, 4.69) is 10.6 Å². The van der Waals surface area contributed by atoms with Crippen molar-refractivity contribution in [3.8, 4) is 5.75 Å². The molecule has 0 aromatic heterocycles. The Labute approximate surface area is 165 Å². The summed E-state index contributed by atoms with van der Waals surface area (Å²) in [5.41, 5.74) is -0.508. The average Bonchev–Trinajstić information content (AvgIpc) is 2.56. The summed E-state index contributed by atoms with van der Waals surface area (Å²) in [6.45, 7) is 8.39. The second-order valence-electron chi connectivity index (χ2n) is 7.57. The van der Waals surface area contributed by atoms with Crippen LogP contribution in [0, 0.1) is 0 Å². The van der Waals surface area contributed by atoms with Gasteiger partial charge in [0, 0.05) is 24.2 Å². The van der Waals surface area contributed by atoms with Gasteiger partial charge in [0.25, 0.3) is 0 Å². The fourth-order valence-corrected chi connectivity index (χ4v) is 2.82. The minimum Gasteiger partial charge on any atom is -0.471 e. The van der Waals surface area contributed by atoms with E-state index in [1.165, 1.54) is 0 Å². The molecule has 0 bridgehead atoms. The Morgan fingerprint density at radius 3 is 2.33 bits per heavy atom. The van der Waals surface area contributed by atoms with Crippen molar-refractivity contribution in [2.24, 2.45) is 0 Å². The lowest BCUT2D eigenvalue weighted by atomic mass is 10.1. The van der Waals surface area contributed by atoms with E-state index in [0.717, 1.165) is 0 Å². The van der Waals surface area contributed by atoms with E-state index in [4.69, 9.17) is 21.1 Å². The first-order chi connectivity index (χ1) is 12.6. The maximum absolute atomic E-state index is 12.1. The monoisotopic (exact) mass is 397 g/mol. The summed E-state index contributed by atoms with van der Waals surface area (Å²) in [5, 5.41) is 6.29. The molecule has 1 fully saturated rings. The van der Waals surface area contributed by atoms with Gasteiger partial charge < -0.3 is 25.0 Å². The summed E-state index contributed by atoms with van der Waals surface area (Å²) < 4.78 is 11.0. The number of amides is 3. The van der Waals surface area contributed by atoms with Crippen LogP contribution in [-0.2, 0) is 4.74 Å². The lowest BCUT2D eigenvalue weighted by Crippen LogP contribution is -2.51. The second-order valence-corrected chi connectivity index (χ2v) is 8.01. The van der Waals surface area contributed by atoms with Crippen molar-refractivity contribution < 1.29 is 19.1 Å². The summed E-state index contributed by atoms with van der Waals surface area (Å²) in [6, 6.07) is 6.64. The summed E-state index contributed by atoms with van der Waals surface area (Å²) in [5.74, 6) is 0.623. The van der Waals surface area contributed by atoms with Gasteiger partial charge in [0.2, 0.25) is 0 Å². The molecule has 7 nitrogen and oxygen atoms in total. The molecular weight excluding hydrogens is 370 g/mol. The molecule has 3 amide bonds. The largest absolute Gasteiger partial charge is 0.471 e. The van der Waals surface area contributed by atoms with Crippen molar-refractivity contribution >= 4 is 23.7 Å². The minimum absolute atomic E-state index is 0.00594. The van der Waals surface area contributed by atoms with Crippen molar-refractivity contribution in [3.63, 3.8) is 0 Å². The molecule has 2 N–H and O–H groups in total. The molecule has 8 heteroatoms. The number of hydrogen-bond acceptors (Lipinski definition) is 4. The number of nitrogens with one attached hydrogen (secondary N) is 2. The molecule has 1 aliphatic rings. The normalized spacial score (nSPS) is 16.4. The van der Waals surface area contributed by atoms with E-state index in [9.17, 15) is 9.59 Å². The lowest BCUT2D eigenvalue weighted by Gasteiger charge is -2.33. The number of rotatable bonds is 4. The molecule has 1 atom stereocenters. The van der Waals surface area contributed by atoms with Crippen LogP contribution < -0.4 is 15.4 Å². The van der Waals surface area contributed by atoms with Crippen LogP contribution >= 0.6 is 11.6 Å². The Morgan fingerprint density at radius 1 is 1.19 bits per heavy atom. The summed E-state index contributed by atoms with van der Waals surface area (Å²) in [4.78, 5) is 25.9. The molecule has 1 heterocycles. The van der Waals surface area contributed by atoms with Crippen LogP contribution in [0.3, 0.4) is 0 Å². The van der Waals surface area contributed by atoms with E-state index < -0.39 is 11.8 Å². The highest BCUT2D eigenvalue weighted by molar-refractivity contribution is 6.30. The SMILES string of the molecule is CC(NC(=O)NC1CCN(C(=O)OC(C)(C)C)CC1)Oc1ccc(Cl)cc1. The third-order valence-electron chi connectivity index (χ3n) is 3.94. The molecule has 1 saturated heterocycles. The number of nitrogens with zero attached hydrogens (tertiary/aromatic N) is 1. The molecule has 1 aromatic carbocycles. The quantitative estimate of drug-likeness (QED) is 0.758.